The molecule has 0 saturated carbocycles. The van der Waals surface area contributed by atoms with Gasteiger partial charge in [0.1, 0.15) is 11.5 Å². The van der Waals surface area contributed by atoms with Gasteiger partial charge in [0.05, 0.1) is 6.10 Å². The molecule has 2 heterocycles. The number of nitrogens with zero attached hydrogens (tertiary/aromatic N) is 1. The predicted octanol–water partition coefficient (Wildman–Crippen LogP) is 1.51. The topological polar surface area (TPSA) is 56.3 Å². The van der Waals surface area contributed by atoms with Gasteiger partial charge in [0, 0.05) is 24.0 Å². The van der Waals surface area contributed by atoms with Crippen LogP contribution in [-0.4, -0.2) is 40.1 Å². The van der Waals surface area contributed by atoms with E-state index < -0.39 is 6.10 Å². The number of rotatable bonds is 1. The van der Waals surface area contributed by atoms with Crippen molar-refractivity contribution in [1.29, 1.82) is 0 Å². The SMILES string of the molecule is O=C(c1cc2c(F)cccc2[nH]1)N1CC[C@@H](O)C1. The molecule has 0 unspecified atom stereocenters. The molecule has 2 N–H and O–H groups in total. The molecular weight excluding hydrogens is 235 g/mol. The summed E-state index contributed by atoms with van der Waals surface area (Å²) in [7, 11) is 0. The Bertz CT molecular complexity index is 608. The Balaban J connectivity index is 1.95. The number of fused-ring (bicyclic) bond motifs is 1. The van der Waals surface area contributed by atoms with Gasteiger partial charge in [0.25, 0.3) is 5.91 Å². The number of carbonyl (C=O) groups excluding carboxylic acids is 1. The van der Waals surface area contributed by atoms with Gasteiger partial charge in [-0.05, 0) is 24.6 Å². The molecular formula is C13H13FN2O2. The van der Waals surface area contributed by atoms with Crippen LogP contribution in [0.4, 0.5) is 4.39 Å². The zero-order chi connectivity index (χ0) is 12.7. The molecule has 5 heteroatoms. The molecule has 18 heavy (non-hydrogen) atoms. The van der Waals surface area contributed by atoms with E-state index in [1.54, 1.807) is 17.0 Å². The van der Waals surface area contributed by atoms with E-state index in [2.05, 4.69) is 4.98 Å². The highest BCUT2D eigenvalue weighted by Gasteiger charge is 2.26. The Morgan fingerprint density at radius 3 is 3.00 bits per heavy atom. The lowest BCUT2D eigenvalue weighted by Gasteiger charge is -2.13. The lowest BCUT2D eigenvalue weighted by molar-refractivity contribution is 0.0760. The van der Waals surface area contributed by atoms with Gasteiger partial charge in [-0.2, -0.15) is 0 Å². The van der Waals surface area contributed by atoms with Crippen LogP contribution in [0.1, 0.15) is 16.9 Å². The van der Waals surface area contributed by atoms with Gasteiger partial charge in [-0.25, -0.2) is 4.39 Å². The van der Waals surface area contributed by atoms with Crippen molar-refractivity contribution in [2.24, 2.45) is 0 Å². The van der Waals surface area contributed by atoms with Crippen molar-refractivity contribution in [3.8, 4) is 0 Å². The van der Waals surface area contributed by atoms with Crippen LogP contribution in [0.2, 0.25) is 0 Å². The molecule has 1 amide bonds. The molecule has 1 atom stereocenters. The van der Waals surface area contributed by atoms with Gasteiger partial charge in [0.15, 0.2) is 0 Å². The largest absolute Gasteiger partial charge is 0.391 e. The summed E-state index contributed by atoms with van der Waals surface area (Å²) in [4.78, 5) is 16.6. The maximum absolute atomic E-state index is 13.5. The number of H-pyrrole nitrogens is 1. The van der Waals surface area contributed by atoms with Crippen LogP contribution < -0.4 is 0 Å². The first kappa shape index (κ1) is 11.2. The summed E-state index contributed by atoms with van der Waals surface area (Å²) in [5.74, 6) is -0.536. The Morgan fingerprint density at radius 2 is 2.33 bits per heavy atom. The van der Waals surface area contributed by atoms with E-state index in [0.29, 0.717) is 36.1 Å². The van der Waals surface area contributed by atoms with E-state index in [0.717, 1.165) is 0 Å². The summed E-state index contributed by atoms with van der Waals surface area (Å²) < 4.78 is 13.5. The fraction of sp³-hybridized carbons (Fsp3) is 0.308. The second-order valence-electron chi connectivity index (χ2n) is 4.58. The molecule has 0 spiro atoms. The average Bonchev–Trinajstić information content (AvgIpc) is 2.95. The van der Waals surface area contributed by atoms with E-state index >= 15 is 0 Å². The zero-order valence-electron chi connectivity index (χ0n) is 9.69. The van der Waals surface area contributed by atoms with Crippen LogP contribution in [-0.2, 0) is 0 Å². The normalized spacial score (nSPS) is 19.7. The van der Waals surface area contributed by atoms with Crippen LogP contribution >= 0.6 is 0 Å². The van der Waals surface area contributed by atoms with Crippen molar-refractivity contribution in [2.45, 2.75) is 12.5 Å². The number of aliphatic hydroxyl groups excluding tert-OH is 1. The number of aliphatic hydroxyl groups is 1. The molecule has 1 aromatic carbocycles. The van der Waals surface area contributed by atoms with E-state index in [9.17, 15) is 14.3 Å². The highest BCUT2D eigenvalue weighted by atomic mass is 19.1. The number of aromatic nitrogens is 1. The predicted molar refractivity (Wildman–Crippen MR) is 64.8 cm³/mol. The molecule has 1 aliphatic heterocycles. The minimum absolute atomic E-state index is 0.192. The number of β-amino-alcohol motifs (C(OH)–C–C–N with tert-alkyl or cyclic N) is 1. The molecule has 1 aliphatic rings. The molecule has 4 nitrogen and oxygen atoms in total. The number of carbonyl (C=O) groups is 1. The Labute approximate surface area is 103 Å². The maximum atomic E-state index is 13.5. The summed E-state index contributed by atoms with van der Waals surface area (Å²) in [6, 6.07) is 6.22. The first-order valence-electron chi connectivity index (χ1n) is 5.90. The molecule has 1 saturated heterocycles. The molecule has 94 valence electrons. The van der Waals surface area contributed by atoms with Crippen molar-refractivity contribution in [1.82, 2.24) is 9.88 Å². The Morgan fingerprint density at radius 1 is 1.50 bits per heavy atom. The van der Waals surface area contributed by atoms with Crippen molar-refractivity contribution in [2.75, 3.05) is 13.1 Å². The van der Waals surface area contributed by atoms with Crippen molar-refractivity contribution in [3.63, 3.8) is 0 Å². The van der Waals surface area contributed by atoms with Crippen LogP contribution in [0.15, 0.2) is 24.3 Å². The summed E-state index contributed by atoms with van der Waals surface area (Å²) in [5, 5.41) is 9.83. The quantitative estimate of drug-likeness (QED) is 0.803. The number of amides is 1. The van der Waals surface area contributed by atoms with E-state index in [-0.39, 0.29) is 11.7 Å². The lowest BCUT2D eigenvalue weighted by atomic mass is 10.2. The number of aromatic amines is 1. The minimum Gasteiger partial charge on any atom is -0.391 e. The standard InChI is InChI=1S/C13H13FN2O2/c14-10-2-1-3-11-9(10)6-12(15-11)13(18)16-5-4-8(17)7-16/h1-3,6,8,15,17H,4-5,7H2/t8-/m1/s1. The van der Waals surface area contributed by atoms with Gasteiger partial charge >= 0.3 is 0 Å². The van der Waals surface area contributed by atoms with Crippen LogP contribution in [0, 0.1) is 5.82 Å². The van der Waals surface area contributed by atoms with Crippen molar-refractivity contribution >= 4 is 16.8 Å². The third-order valence-electron chi connectivity index (χ3n) is 3.29. The molecule has 1 fully saturated rings. The lowest BCUT2D eigenvalue weighted by Crippen LogP contribution is -2.29. The third-order valence-corrected chi connectivity index (χ3v) is 3.29. The number of hydrogen-bond donors (Lipinski definition) is 2. The molecule has 2 aromatic rings. The van der Waals surface area contributed by atoms with E-state index in [1.807, 2.05) is 0 Å². The second kappa shape index (κ2) is 4.10. The highest BCUT2D eigenvalue weighted by Crippen LogP contribution is 2.21. The molecule has 1 aromatic heterocycles. The Hall–Kier alpha value is -1.88. The van der Waals surface area contributed by atoms with Gasteiger partial charge in [-0.1, -0.05) is 6.07 Å². The minimum atomic E-state index is -0.449. The van der Waals surface area contributed by atoms with Crippen molar-refractivity contribution in [3.05, 3.63) is 35.8 Å². The van der Waals surface area contributed by atoms with Gasteiger partial charge in [0.2, 0.25) is 0 Å². The summed E-state index contributed by atoms with van der Waals surface area (Å²) in [6.45, 7) is 0.883. The monoisotopic (exact) mass is 248 g/mol. The summed E-state index contributed by atoms with van der Waals surface area (Å²) in [6.07, 6.45) is 0.149. The van der Waals surface area contributed by atoms with Crippen LogP contribution in [0.25, 0.3) is 10.9 Å². The molecule has 0 bridgehead atoms. The van der Waals surface area contributed by atoms with Crippen molar-refractivity contribution < 1.29 is 14.3 Å². The van der Waals surface area contributed by atoms with E-state index in [4.69, 9.17) is 0 Å². The number of likely N-dealkylation sites (tertiary alicyclic amines) is 1. The number of hydrogen-bond acceptors (Lipinski definition) is 2. The van der Waals surface area contributed by atoms with Gasteiger partial charge in [-0.3, -0.25) is 4.79 Å². The van der Waals surface area contributed by atoms with Crippen LogP contribution in [0.5, 0.6) is 0 Å². The zero-order valence-corrected chi connectivity index (χ0v) is 9.69. The average molecular weight is 248 g/mol. The molecule has 3 rings (SSSR count). The third kappa shape index (κ3) is 1.76. The summed E-state index contributed by atoms with van der Waals surface area (Å²) in [5.41, 5.74) is 0.974. The highest BCUT2D eigenvalue weighted by molar-refractivity contribution is 5.98. The van der Waals surface area contributed by atoms with Crippen LogP contribution in [0.3, 0.4) is 0 Å². The fourth-order valence-corrected chi connectivity index (χ4v) is 2.33. The number of benzene rings is 1. The second-order valence-corrected chi connectivity index (χ2v) is 4.58. The number of nitrogens with one attached hydrogen (secondary N) is 1. The first-order chi connectivity index (χ1) is 8.65. The Kier molecular flexibility index (Phi) is 2.56. The summed E-state index contributed by atoms with van der Waals surface area (Å²) >= 11 is 0. The number of halogens is 1. The molecule has 0 aliphatic carbocycles. The van der Waals surface area contributed by atoms with Gasteiger partial charge < -0.3 is 15.0 Å². The fourth-order valence-electron chi connectivity index (χ4n) is 2.33. The smallest absolute Gasteiger partial charge is 0.270 e. The van der Waals surface area contributed by atoms with E-state index in [1.165, 1.54) is 12.1 Å². The molecule has 0 radical (unpaired) electrons. The maximum Gasteiger partial charge on any atom is 0.270 e. The van der Waals surface area contributed by atoms with Gasteiger partial charge in [-0.15, -0.1) is 0 Å². The first-order valence-corrected chi connectivity index (χ1v) is 5.90.